The Labute approximate surface area is 61.6 Å². The van der Waals surface area contributed by atoms with Gasteiger partial charge < -0.3 is 10.6 Å². The van der Waals surface area contributed by atoms with Crippen LogP contribution in [0.5, 0.6) is 0 Å². The molecular weight excluding hydrogens is 130 g/mol. The van der Waals surface area contributed by atoms with Gasteiger partial charge in [0.15, 0.2) is 0 Å². The highest BCUT2D eigenvalue weighted by Crippen LogP contribution is 1.74. The summed E-state index contributed by atoms with van der Waals surface area (Å²) in [7, 11) is 3.54. The third-order valence-corrected chi connectivity index (χ3v) is 1.28. The summed E-state index contributed by atoms with van der Waals surface area (Å²) in [6.45, 7) is 3.56. The van der Waals surface area contributed by atoms with Crippen molar-refractivity contribution < 1.29 is 4.79 Å². The number of urea groups is 1. The van der Waals surface area contributed by atoms with Gasteiger partial charge in [0.1, 0.15) is 0 Å². The number of nitrogens with one attached hydrogen (secondary N) is 2. The normalized spacial score (nSPS) is 9.60. The summed E-state index contributed by atoms with van der Waals surface area (Å²) in [5.74, 6) is 0. The lowest BCUT2D eigenvalue weighted by Crippen LogP contribution is -2.39. The van der Waals surface area contributed by atoms with Gasteiger partial charge in [0.25, 0.3) is 0 Å². The minimum atomic E-state index is -0.139. The lowest BCUT2D eigenvalue weighted by molar-refractivity contribution is 0.233. The van der Waals surface area contributed by atoms with Gasteiger partial charge in [-0.25, -0.2) is 4.79 Å². The molecule has 0 saturated carbocycles. The highest BCUT2D eigenvalue weighted by molar-refractivity contribution is 5.73. The van der Waals surface area contributed by atoms with Gasteiger partial charge in [-0.05, 0) is 13.6 Å². The molecule has 0 rings (SSSR count). The van der Waals surface area contributed by atoms with Crippen LogP contribution in [0.25, 0.3) is 0 Å². The van der Waals surface area contributed by atoms with Crippen LogP contribution in [-0.2, 0) is 0 Å². The van der Waals surface area contributed by atoms with Crippen LogP contribution in [0.3, 0.4) is 0 Å². The van der Waals surface area contributed by atoms with E-state index in [1.54, 1.807) is 7.05 Å². The predicted molar refractivity (Wildman–Crippen MR) is 40.8 cm³/mol. The van der Waals surface area contributed by atoms with Crippen LogP contribution in [0.15, 0.2) is 0 Å². The second kappa shape index (κ2) is 5.05. The van der Waals surface area contributed by atoms with Crippen molar-refractivity contribution in [3.05, 3.63) is 0 Å². The van der Waals surface area contributed by atoms with Crippen LogP contribution >= 0.6 is 0 Å². The first-order valence-electron chi connectivity index (χ1n) is 3.34. The Kier molecular flexibility index (Phi) is 4.66. The fraction of sp³-hybridized carbons (Fsp3) is 0.833. The van der Waals surface area contributed by atoms with E-state index in [0.29, 0.717) is 6.67 Å². The fourth-order valence-corrected chi connectivity index (χ4v) is 0.407. The van der Waals surface area contributed by atoms with Gasteiger partial charge in [-0.1, -0.05) is 6.92 Å². The standard InChI is InChI=1S/C6H15N3O/c1-4-9(3)5-8-6(10)7-2/h4-5H2,1-3H3,(H2,7,8,10). The Hall–Kier alpha value is -0.770. The zero-order chi connectivity index (χ0) is 7.98. The fourth-order valence-electron chi connectivity index (χ4n) is 0.407. The second-order valence-electron chi connectivity index (χ2n) is 2.09. The average molecular weight is 145 g/mol. The van der Waals surface area contributed by atoms with Crippen molar-refractivity contribution in [1.82, 2.24) is 15.5 Å². The molecule has 0 aliphatic rings. The van der Waals surface area contributed by atoms with Crippen molar-refractivity contribution in [2.75, 3.05) is 27.3 Å². The van der Waals surface area contributed by atoms with Gasteiger partial charge >= 0.3 is 6.03 Å². The van der Waals surface area contributed by atoms with Crippen molar-refractivity contribution in [1.29, 1.82) is 0 Å². The molecule has 0 aliphatic heterocycles. The summed E-state index contributed by atoms with van der Waals surface area (Å²) in [4.78, 5) is 12.6. The average Bonchev–Trinajstić information content (AvgIpc) is 1.99. The maximum atomic E-state index is 10.6. The van der Waals surface area contributed by atoms with Gasteiger partial charge in [-0.2, -0.15) is 0 Å². The molecule has 60 valence electrons. The van der Waals surface area contributed by atoms with Gasteiger partial charge in [0.2, 0.25) is 0 Å². The highest BCUT2D eigenvalue weighted by Gasteiger charge is 1.96. The molecule has 0 radical (unpaired) electrons. The first-order valence-corrected chi connectivity index (χ1v) is 3.34. The number of amides is 2. The van der Waals surface area contributed by atoms with E-state index in [9.17, 15) is 4.79 Å². The molecule has 0 atom stereocenters. The predicted octanol–water partition coefficient (Wildman–Crippen LogP) is -0.175. The smallest absolute Gasteiger partial charge is 0.315 e. The molecule has 0 aromatic rings. The summed E-state index contributed by atoms with van der Waals surface area (Å²) in [6, 6.07) is -0.139. The van der Waals surface area contributed by atoms with Crippen molar-refractivity contribution in [3.8, 4) is 0 Å². The molecule has 0 aliphatic carbocycles. The number of rotatable bonds is 3. The van der Waals surface area contributed by atoms with Crippen LogP contribution in [0.1, 0.15) is 6.92 Å². The summed E-state index contributed by atoms with van der Waals surface area (Å²) in [6.07, 6.45) is 0. The van der Waals surface area contributed by atoms with E-state index >= 15 is 0 Å². The van der Waals surface area contributed by atoms with Gasteiger partial charge in [0, 0.05) is 7.05 Å². The summed E-state index contributed by atoms with van der Waals surface area (Å²) >= 11 is 0. The van der Waals surface area contributed by atoms with Crippen molar-refractivity contribution >= 4 is 6.03 Å². The zero-order valence-electron chi connectivity index (χ0n) is 6.77. The monoisotopic (exact) mass is 145 g/mol. The van der Waals surface area contributed by atoms with E-state index in [2.05, 4.69) is 10.6 Å². The van der Waals surface area contributed by atoms with Crippen molar-refractivity contribution in [3.63, 3.8) is 0 Å². The Bertz CT molecular complexity index is 105. The van der Waals surface area contributed by atoms with Crippen LogP contribution < -0.4 is 10.6 Å². The van der Waals surface area contributed by atoms with Crippen LogP contribution in [-0.4, -0.2) is 38.2 Å². The van der Waals surface area contributed by atoms with Gasteiger partial charge in [-0.3, -0.25) is 4.90 Å². The van der Waals surface area contributed by atoms with E-state index in [0.717, 1.165) is 6.54 Å². The molecule has 0 spiro atoms. The van der Waals surface area contributed by atoms with Crippen LogP contribution in [0.2, 0.25) is 0 Å². The first-order chi connectivity index (χ1) is 4.70. The highest BCUT2D eigenvalue weighted by atomic mass is 16.2. The Balaban J connectivity index is 3.26. The van der Waals surface area contributed by atoms with E-state index in [4.69, 9.17) is 0 Å². The number of nitrogens with zero attached hydrogens (tertiary/aromatic N) is 1. The lowest BCUT2D eigenvalue weighted by atomic mass is 10.6. The number of carbonyl (C=O) groups excluding carboxylic acids is 1. The van der Waals surface area contributed by atoms with Crippen LogP contribution in [0, 0.1) is 0 Å². The molecule has 2 amide bonds. The SMILES string of the molecule is CCN(C)CNC(=O)NC. The molecule has 0 heterocycles. The number of hydrogen-bond donors (Lipinski definition) is 2. The van der Waals surface area contributed by atoms with Gasteiger partial charge in [-0.15, -0.1) is 0 Å². The van der Waals surface area contributed by atoms with E-state index < -0.39 is 0 Å². The maximum absolute atomic E-state index is 10.6. The second-order valence-corrected chi connectivity index (χ2v) is 2.09. The molecule has 4 heteroatoms. The Morgan fingerprint density at radius 3 is 2.60 bits per heavy atom. The largest absolute Gasteiger partial charge is 0.341 e. The number of carbonyl (C=O) groups is 1. The van der Waals surface area contributed by atoms with Crippen LogP contribution in [0.4, 0.5) is 4.79 Å². The third-order valence-electron chi connectivity index (χ3n) is 1.28. The van der Waals surface area contributed by atoms with E-state index in [1.807, 2.05) is 18.9 Å². The van der Waals surface area contributed by atoms with Crippen molar-refractivity contribution in [2.24, 2.45) is 0 Å². The Morgan fingerprint density at radius 2 is 2.20 bits per heavy atom. The van der Waals surface area contributed by atoms with Gasteiger partial charge in [0.05, 0.1) is 6.67 Å². The molecule has 0 aromatic carbocycles. The van der Waals surface area contributed by atoms with E-state index in [-0.39, 0.29) is 6.03 Å². The summed E-state index contributed by atoms with van der Waals surface area (Å²) in [5.41, 5.74) is 0. The van der Waals surface area contributed by atoms with Crippen molar-refractivity contribution in [2.45, 2.75) is 6.92 Å². The van der Waals surface area contributed by atoms with E-state index in [1.165, 1.54) is 0 Å². The molecule has 4 nitrogen and oxygen atoms in total. The lowest BCUT2D eigenvalue weighted by Gasteiger charge is -2.13. The minimum absolute atomic E-state index is 0.139. The first kappa shape index (κ1) is 9.23. The molecule has 0 aromatic heterocycles. The Morgan fingerprint density at radius 1 is 1.60 bits per heavy atom. The molecule has 0 bridgehead atoms. The molecule has 0 unspecified atom stereocenters. The summed E-state index contributed by atoms with van der Waals surface area (Å²) < 4.78 is 0. The zero-order valence-corrected chi connectivity index (χ0v) is 6.77. The number of hydrogen-bond acceptors (Lipinski definition) is 2. The third kappa shape index (κ3) is 4.14. The topological polar surface area (TPSA) is 44.4 Å². The molecular formula is C6H15N3O. The molecule has 0 fully saturated rings. The molecule has 2 N–H and O–H groups in total. The molecule has 0 saturated heterocycles. The summed E-state index contributed by atoms with van der Waals surface area (Å²) in [5, 5.41) is 5.13. The molecule has 10 heavy (non-hydrogen) atoms. The quantitative estimate of drug-likeness (QED) is 0.541. The maximum Gasteiger partial charge on any atom is 0.315 e. The minimum Gasteiger partial charge on any atom is -0.341 e.